The van der Waals surface area contributed by atoms with Crippen LogP contribution in [0.4, 0.5) is 0 Å². The molecule has 0 bridgehead atoms. The molecular formula is C76H128O6. The highest BCUT2D eigenvalue weighted by molar-refractivity contribution is 5.71. The molecule has 0 N–H and O–H groups in total. The van der Waals surface area contributed by atoms with E-state index >= 15 is 0 Å². The summed E-state index contributed by atoms with van der Waals surface area (Å²) in [6.45, 7) is 6.48. The average molecular weight is 1140 g/mol. The van der Waals surface area contributed by atoms with E-state index in [9.17, 15) is 14.4 Å². The highest BCUT2D eigenvalue weighted by Gasteiger charge is 2.19. The van der Waals surface area contributed by atoms with E-state index in [2.05, 4.69) is 142 Å². The summed E-state index contributed by atoms with van der Waals surface area (Å²) in [6, 6.07) is 0. The molecule has 0 fully saturated rings. The van der Waals surface area contributed by atoms with Crippen molar-refractivity contribution in [3.05, 3.63) is 122 Å². The number of allylic oxidation sites excluding steroid dienone is 20. The Labute approximate surface area is 507 Å². The van der Waals surface area contributed by atoms with E-state index < -0.39 is 6.10 Å². The first-order valence-electron chi connectivity index (χ1n) is 34.5. The molecule has 0 aliphatic rings. The maximum absolute atomic E-state index is 12.9. The maximum atomic E-state index is 12.9. The van der Waals surface area contributed by atoms with Crippen molar-refractivity contribution in [2.75, 3.05) is 13.2 Å². The molecule has 0 amide bonds. The number of hydrogen-bond acceptors (Lipinski definition) is 6. The Morgan fingerprint density at radius 1 is 0.256 bits per heavy atom. The van der Waals surface area contributed by atoms with E-state index in [1.807, 2.05) is 0 Å². The molecular weight excluding hydrogens is 1010 g/mol. The van der Waals surface area contributed by atoms with Crippen molar-refractivity contribution in [1.29, 1.82) is 0 Å². The van der Waals surface area contributed by atoms with Gasteiger partial charge in [0.15, 0.2) is 6.10 Å². The lowest BCUT2D eigenvalue weighted by Crippen LogP contribution is -2.30. The monoisotopic (exact) mass is 1140 g/mol. The molecule has 0 heterocycles. The van der Waals surface area contributed by atoms with Crippen LogP contribution in [-0.4, -0.2) is 37.2 Å². The fourth-order valence-corrected chi connectivity index (χ4v) is 9.51. The molecule has 0 aromatic heterocycles. The lowest BCUT2D eigenvalue weighted by atomic mass is 10.0. The van der Waals surface area contributed by atoms with Crippen molar-refractivity contribution in [2.45, 2.75) is 329 Å². The van der Waals surface area contributed by atoms with Crippen LogP contribution in [-0.2, 0) is 28.6 Å². The summed E-state index contributed by atoms with van der Waals surface area (Å²) in [4.78, 5) is 38.4. The molecule has 1 unspecified atom stereocenters. The van der Waals surface area contributed by atoms with Crippen LogP contribution >= 0.6 is 0 Å². The van der Waals surface area contributed by atoms with Gasteiger partial charge in [-0.25, -0.2) is 0 Å². The number of esters is 3. The van der Waals surface area contributed by atoms with E-state index in [1.165, 1.54) is 161 Å². The second-order valence-corrected chi connectivity index (χ2v) is 22.7. The SMILES string of the molecule is CC/C=C\C/C=C\C/C=C\C/C=C\C/C=C\C/C=C\C/C=C\C/C=C\CCCCC(=O)OCC(COC(=O)CCCCCCC/C=C\CCCCC)OC(=O)CCCCCCCCCCCCCCC/C=C\CCCCCCCCCC. The molecule has 0 rings (SSSR count). The van der Waals surface area contributed by atoms with Crippen LogP contribution in [0.1, 0.15) is 323 Å². The molecule has 0 aromatic carbocycles. The van der Waals surface area contributed by atoms with Crippen LogP contribution in [0.5, 0.6) is 0 Å². The van der Waals surface area contributed by atoms with Crippen molar-refractivity contribution in [2.24, 2.45) is 0 Å². The molecule has 0 spiro atoms. The third-order valence-corrected chi connectivity index (χ3v) is 14.7. The van der Waals surface area contributed by atoms with E-state index in [0.29, 0.717) is 19.3 Å². The fourth-order valence-electron chi connectivity index (χ4n) is 9.51. The summed E-state index contributed by atoms with van der Waals surface area (Å²) < 4.78 is 16.9. The highest BCUT2D eigenvalue weighted by Crippen LogP contribution is 2.16. The number of carbonyl (C=O) groups is 3. The molecule has 468 valence electrons. The standard InChI is InChI=1S/C76H128O6/c1-4-7-10-13-16-19-22-25-27-29-31-33-35-37-38-40-41-43-45-47-49-51-54-57-60-63-66-69-75(78)81-72-73(71-80-74(77)68-65-62-59-56-53-24-21-18-15-12-9-6-3)82-76(79)70-67-64-61-58-55-52-50-48-46-44-42-39-36-34-32-30-28-26-23-20-17-14-11-8-5-2/h7,10,16,18-19,21,25,27,30-33,37-38,41,43,47,49,54,57,73H,4-6,8-9,11-15,17,20,22-24,26,28-29,34-36,39-40,42,44-46,48,50-53,55-56,58-72H2,1-3H3/b10-7-,19-16-,21-18-,27-25-,32-30-,33-31-,38-37-,43-41-,49-47-,57-54-. The minimum atomic E-state index is -0.804. The normalized spacial score (nSPS) is 12.9. The first kappa shape index (κ1) is 77.8. The minimum Gasteiger partial charge on any atom is -0.462 e. The van der Waals surface area contributed by atoms with Gasteiger partial charge in [-0.1, -0.05) is 290 Å². The van der Waals surface area contributed by atoms with Gasteiger partial charge in [0.2, 0.25) is 0 Å². The van der Waals surface area contributed by atoms with Gasteiger partial charge in [0.05, 0.1) is 0 Å². The van der Waals surface area contributed by atoms with Gasteiger partial charge in [0, 0.05) is 19.3 Å². The second-order valence-electron chi connectivity index (χ2n) is 22.7. The first-order chi connectivity index (χ1) is 40.5. The van der Waals surface area contributed by atoms with Crippen LogP contribution in [0.15, 0.2) is 122 Å². The lowest BCUT2D eigenvalue weighted by molar-refractivity contribution is -0.167. The molecule has 6 heteroatoms. The van der Waals surface area contributed by atoms with Crippen LogP contribution in [0.25, 0.3) is 0 Å². The van der Waals surface area contributed by atoms with Crippen LogP contribution < -0.4 is 0 Å². The van der Waals surface area contributed by atoms with Crippen molar-refractivity contribution >= 4 is 17.9 Å². The van der Waals surface area contributed by atoms with E-state index in [1.54, 1.807) is 0 Å². The van der Waals surface area contributed by atoms with Crippen molar-refractivity contribution in [3.8, 4) is 0 Å². The zero-order valence-electron chi connectivity index (χ0n) is 53.7. The Bertz CT molecular complexity index is 1690. The molecule has 0 aromatic rings. The number of unbranched alkanes of at least 4 members (excludes halogenated alkanes) is 31. The lowest BCUT2D eigenvalue weighted by Gasteiger charge is -2.18. The molecule has 82 heavy (non-hydrogen) atoms. The molecule has 0 aliphatic heterocycles. The minimum absolute atomic E-state index is 0.0971. The topological polar surface area (TPSA) is 78.9 Å². The second kappa shape index (κ2) is 69.3. The Kier molecular flexibility index (Phi) is 65.8. The smallest absolute Gasteiger partial charge is 0.306 e. The molecule has 0 saturated heterocycles. The number of hydrogen-bond donors (Lipinski definition) is 0. The van der Waals surface area contributed by atoms with Crippen molar-refractivity contribution in [1.82, 2.24) is 0 Å². The van der Waals surface area contributed by atoms with Gasteiger partial charge in [-0.05, 0) is 135 Å². The zero-order valence-corrected chi connectivity index (χ0v) is 53.7. The summed E-state index contributed by atoms with van der Waals surface area (Å²) in [5.74, 6) is -0.943. The largest absolute Gasteiger partial charge is 0.462 e. The van der Waals surface area contributed by atoms with Gasteiger partial charge in [0.25, 0.3) is 0 Å². The predicted molar refractivity (Wildman–Crippen MR) is 357 cm³/mol. The fraction of sp³-hybridized carbons (Fsp3) is 0.697. The highest BCUT2D eigenvalue weighted by atomic mass is 16.6. The number of rotatable bonds is 62. The molecule has 0 saturated carbocycles. The van der Waals surface area contributed by atoms with Gasteiger partial charge in [-0.15, -0.1) is 0 Å². The summed E-state index contributed by atoms with van der Waals surface area (Å²) in [7, 11) is 0. The molecule has 0 aliphatic carbocycles. The summed E-state index contributed by atoms with van der Waals surface area (Å²) in [5, 5.41) is 0. The molecule has 0 radical (unpaired) electrons. The van der Waals surface area contributed by atoms with Gasteiger partial charge in [-0.3, -0.25) is 14.4 Å². The van der Waals surface area contributed by atoms with Gasteiger partial charge < -0.3 is 14.2 Å². The summed E-state index contributed by atoms with van der Waals surface area (Å²) >= 11 is 0. The van der Waals surface area contributed by atoms with E-state index in [4.69, 9.17) is 14.2 Å². The third kappa shape index (κ3) is 66.6. The predicted octanol–water partition coefficient (Wildman–Crippen LogP) is 23.9. The quantitative estimate of drug-likeness (QED) is 0.0261. The van der Waals surface area contributed by atoms with E-state index in [-0.39, 0.29) is 31.1 Å². The summed E-state index contributed by atoms with van der Waals surface area (Å²) in [5.41, 5.74) is 0. The van der Waals surface area contributed by atoms with E-state index in [0.717, 1.165) is 122 Å². The number of ether oxygens (including phenoxy) is 3. The van der Waals surface area contributed by atoms with Crippen molar-refractivity contribution < 1.29 is 28.6 Å². The Morgan fingerprint density at radius 3 is 0.805 bits per heavy atom. The van der Waals surface area contributed by atoms with Crippen LogP contribution in [0, 0.1) is 0 Å². The molecule has 6 nitrogen and oxygen atoms in total. The number of carbonyl (C=O) groups excluding carboxylic acids is 3. The van der Waals surface area contributed by atoms with Crippen LogP contribution in [0.3, 0.4) is 0 Å². The van der Waals surface area contributed by atoms with Crippen LogP contribution in [0.2, 0.25) is 0 Å². The third-order valence-electron chi connectivity index (χ3n) is 14.7. The molecule has 1 atom stereocenters. The summed E-state index contributed by atoms with van der Waals surface area (Å²) in [6.07, 6.45) is 96.5. The van der Waals surface area contributed by atoms with Crippen molar-refractivity contribution in [3.63, 3.8) is 0 Å². The zero-order chi connectivity index (χ0) is 59.2. The first-order valence-corrected chi connectivity index (χ1v) is 34.5. The Balaban J connectivity index is 4.37. The van der Waals surface area contributed by atoms with Gasteiger partial charge in [-0.2, -0.15) is 0 Å². The Morgan fingerprint density at radius 2 is 0.476 bits per heavy atom. The average Bonchev–Trinajstić information content (AvgIpc) is 3.47. The van der Waals surface area contributed by atoms with Gasteiger partial charge in [0.1, 0.15) is 13.2 Å². The Hall–Kier alpha value is -4.19. The van der Waals surface area contributed by atoms with Gasteiger partial charge >= 0.3 is 17.9 Å². The maximum Gasteiger partial charge on any atom is 0.306 e.